The second-order valence-electron chi connectivity index (χ2n) is 5.35. The summed E-state index contributed by atoms with van der Waals surface area (Å²) in [6.07, 6.45) is 7.65. The number of rotatable bonds is 9. The SMILES string of the molecule is [c]1ccc(CCCOCCOCC2CCCC2)cc1. The zero-order valence-corrected chi connectivity index (χ0v) is 11.8. The van der Waals surface area contributed by atoms with Crippen LogP contribution in [0.1, 0.15) is 37.7 Å². The van der Waals surface area contributed by atoms with Crippen molar-refractivity contribution in [3.63, 3.8) is 0 Å². The molecule has 1 aliphatic rings. The van der Waals surface area contributed by atoms with E-state index in [2.05, 4.69) is 18.2 Å². The molecular formula is C17H25O2. The van der Waals surface area contributed by atoms with Crippen molar-refractivity contribution < 1.29 is 9.47 Å². The first-order valence-corrected chi connectivity index (χ1v) is 7.55. The molecule has 1 radical (unpaired) electrons. The Labute approximate surface area is 117 Å². The van der Waals surface area contributed by atoms with Crippen LogP contribution in [0.5, 0.6) is 0 Å². The molecule has 0 atom stereocenters. The van der Waals surface area contributed by atoms with Crippen LogP contribution in [0, 0.1) is 12.0 Å². The molecule has 0 heterocycles. The predicted molar refractivity (Wildman–Crippen MR) is 77.2 cm³/mol. The minimum Gasteiger partial charge on any atom is -0.379 e. The number of hydrogen-bond acceptors (Lipinski definition) is 2. The average Bonchev–Trinajstić information content (AvgIpc) is 2.96. The molecule has 1 fully saturated rings. The predicted octanol–water partition coefficient (Wildman–Crippen LogP) is 3.64. The lowest BCUT2D eigenvalue weighted by atomic mass is 10.1. The first-order chi connectivity index (χ1) is 9.45. The van der Waals surface area contributed by atoms with E-state index in [-0.39, 0.29) is 0 Å². The van der Waals surface area contributed by atoms with Crippen LogP contribution in [0.2, 0.25) is 0 Å². The largest absolute Gasteiger partial charge is 0.379 e. The van der Waals surface area contributed by atoms with Crippen molar-refractivity contribution in [1.82, 2.24) is 0 Å². The minimum atomic E-state index is 0.731. The van der Waals surface area contributed by atoms with E-state index >= 15 is 0 Å². The van der Waals surface area contributed by atoms with Crippen LogP contribution < -0.4 is 0 Å². The third-order valence-corrected chi connectivity index (χ3v) is 3.74. The van der Waals surface area contributed by atoms with E-state index in [9.17, 15) is 0 Å². The Balaban J connectivity index is 1.38. The molecule has 0 bridgehead atoms. The van der Waals surface area contributed by atoms with Crippen LogP contribution in [0.4, 0.5) is 0 Å². The summed E-state index contributed by atoms with van der Waals surface area (Å²) in [6, 6.07) is 11.2. The Bertz CT molecular complexity index is 317. The Morgan fingerprint density at radius 1 is 1.00 bits per heavy atom. The number of hydrogen-bond donors (Lipinski definition) is 0. The normalized spacial score (nSPS) is 16.0. The van der Waals surface area contributed by atoms with E-state index < -0.39 is 0 Å². The topological polar surface area (TPSA) is 18.5 Å². The van der Waals surface area contributed by atoms with Crippen LogP contribution in [0.3, 0.4) is 0 Å². The average molecular weight is 261 g/mol. The Hall–Kier alpha value is -0.860. The van der Waals surface area contributed by atoms with Gasteiger partial charge < -0.3 is 9.47 Å². The highest BCUT2D eigenvalue weighted by molar-refractivity contribution is 5.13. The smallest absolute Gasteiger partial charge is 0.0700 e. The van der Waals surface area contributed by atoms with E-state index in [0.717, 1.165) is 45.2 Å². The quantitative estimate of drug-likeness (QED) is 0.632. The summed E-state index contributed by atoms with van der Waals surface area (Å²) in [5, 5.41) is 0. The van der Waals surface area contributed by atoms with Gasteiger partial charge in [0.25, 0.3) is 0 Å². The van der Waals surface area contributed by atoms with Crippen molar-refractivity contribution in [2.75, 3.05) is 26.4 Å². The first kappa shape index (κ1) is 14.5. The molecule has 105 valence electrons. The van der Waals surface area contributed by atoms with Gasteiger partial charge in [-0.15, -0.1) is 0 Å². The molecule has 0 spiro atoms. The fourth-order valence-electron chi connectivity index (χ4n) is 2.61. The van der Waals surface area contributed by atoms with E-state index in [0.29, 0.717) is 0 Å². The van der Waals surface area contributed by atoms with Gasteiger partial charge in [0.05, 0.1) is 13.2 Å². The minimum absolute atomic E-state index is 0.731. The highest BCUT2D eigenvalue weighted by atomic mass is 16.5. The van der Waals surface area contributed by atoms with Crippen LogP contribution >= 0.6 is 0 Å². The fraction of sp³-hybridized carbons (Fsp3) is 0.647. The molecule has 1 aromatic rings. The molecule has 2 nitrogen and oxygen atoms in total. The van der Waals surface area contributed by atoms with E-state index in [1.54, 1.807) is 0 Å². The summed E-state index contributed by atoms with van der Waals surface area (Å²) in [7, 11) is 0. The highest BCUT2D eigenvalue weighted by Crippen LogP contribution is 2.24. The van der Waals surface area contributed by atoms with Gasteiger partial charge in [-0.25, -0.2) is 0 Å². The van der Waals surface area contributed by atoms with Crippen LogP contribution in [-0.4, -0.2) is 26.4 Å². The lowest BCUT2D eigenvalue weighted by Crippen LogP contribution is -2.11. The summed E-state index contributed by atoms with van der Waals surface area (Å²) in [5.74, 6) is 0.815. The highest BCUT2D eigenvalue weighted by Gasteiger charge is 2.14. The Morgan fingerprint density at radius 2 is 1.74 bits per heavy atom. The first-order valence-electron chi connectivity index (χ1n) is 7.55. The zero-order chi connectivity index (χ0) is 13.2. The lowest BCUT2D eigenvalue weighted by molar-refractivity contribution is 0.0336. The second-order valence-corrected chi connectivity index (χ2v) is 5.35. The number of ether oxygens (including phenoxy) is 2. The monoisotopic (exact) mass is 261 g/mol. The molecule has 19 heavy (non-hydrogen) atoms. The molecule has 1 saturated carbocycles. The molecule has 0 saturated heterocycles. The summed E-state index contributed by atoms with van der Waals surface area (Å²) in [5.41, 5.74) is 1.36. The van der Waals surface area contributed by atoms with Crippen LogP contribution in [0.25, 0.3) is 0 Å². The van der Waals surface area contributed by atoms with Crippen LogP contribution in [-0.2, 0) is 15.9 Å². The van der Waals surface area contributed by atoms with Crippen molar-refractivity contribution in [3.05, 3.63) is 35.9 Å². The second kappa shape index (κ2) is 9.11. The van der Waals surface area contributed by atoms with Gasteiger partial charge in [0.15, 0.2) is 0 Å². The molecule has 0 aromatic heterocycles. The van der Waals surface area contributed by atoms with Gasteiger partial charge in [0.1, 0.15) is 0 Å². The summed E-state index contributed by atoms with van der Waals surface area (Å²) in [6.45, 7) is 3.24. The molecule has 0 aliphatic heterocycles. The third-order valence-electron chi connectivity index (χ3n) is 3.74. The lowest BCUT2D eigenvalue weighted by Gasteiger charge is -2.10. The number of aryl methyl sites for hydroxylation is 1. The van der Waals surface area contributed by atoms with Gasteiger partial charge in [0.2, 0.25) is 0 Å². The van der Waals surface area contributed by atoms with E-state index in [1.165, 1.54) is 31.2 Å². The molecule has 2 rings (SSSR count). The van der Waals surface area contributed by atoms with Crippen LogP contribution in [0.15, 0.2) is 24.3 Å². The van der Waals surface area contributed by atoms with Crippen molar-refractivity contribution in [2.24, 2.45) is 5.92 Å². The van der Waals surface area contributed by atoms with Crippen molar-refractivity contribution >= 4 is 0 Å². The third kappa shape index (κ3) is 6.22. The summed E-state index contributed by atoms with van der Waals surface area (Å²) in [4.78, 5) is 0. The van der Waals surface area contributed by atoms with Gasteiger partial charge in [-0.05, 0) is 43.2 Å². The van der Waals surface area contributed by atoms with E-state index in [1.807, 2.05) is 12.1 Å². The molecule has 0 amide bonds. The molecular weight excluding hydrogens is 236 g/mol. The standard InChI is InChI=1S/C17H25O2/c1-2-7-16(8-3-1)11-6-12-18-13-14-19-15-17-9-4-5-10-17/h2-3,7-8,17H,4-6,9-15H2. The fourth-order valence-corrected chi connectivity index (χ4v) is 2.61. The molecule has 1 aliphatic carbocycles. The zero-order valence-electron chi connectivity index (χ0n) is 11.8. The maximum absolute atomic E-state index is 5.65. The summed E-state index contributed by atoms with van der Waals surface area (Å²) >= 11 is 0. The number of benzene rings is 1. The maximum atomic E-state index is 5.65. The van der Waals surface area contributed by atoms with Gasteiger partial charge in [-0.1, -0.05) is 37.1 Å². The van der Waals surface area contributed by atoms with Gasteiger partial charge >= 0.3 is 0 Å². The van der Waals surface area contributed by atoms with Crippen molar-refractivity contribution in [2.45, 2.75) is 38.5 Å². The summed E-state index contributed by atoms with van der Waals surface area (Å²) < 4.78 is 11.2. The molecule has 2 heteroatoms. The Kier molecular flexibility index (Phi) is 6.97. The van der Waals surface area contributed by atoms with Crippen molar-refractivity contribution in [3.8, 4) is 0 Å². The van der Waals surface area contributed by atoms with Gasteiger partial charge in [-0.2, -0.15) is 0 Å². The van der Waals surface area contributed by atoms with Crippen molar-refractivity contribution in [1.29, 1.82) is 0 Å². The molecule has 1 aromatic carbocycles. The maximum Gasteiger partial charge on any atom is 0.0700 e. The van der Waals surface area contributed by atoms with Gasteiger partial charge in [-0.3, -0.25) is 0 Å². The Morgan fingerprint density at radius 3 is 2.53 bits per heavy atom. The van der Waals surface area contributed by atoms with E-state index in [4.69, 9.17) is 9.47 Å². The molecule has 0 N–H and O–H groups in total. The molecule has 0 unspecified atom stereocenters. The van der Waals surface area contributed by atoms with Gasteiger partial charge in [0, 0.05) is 13.2 Å².